The number of para-hydroxylation sites is 3. The molecule has 3 aromatic carbocycles. The highest BCUT2D eigenvalue weighted by Crippen LogP contribution is 2.29. The van der Waals surface area contributed by atoms with Crippen LogP contribution in [0.5, 0.6) is 0 Å². The first-order valence-electron chi connectivity index (χ1n) is 10.8. The predicted molar refractivity (Wildman–Crippen MR) is 123 cm³/mol. The minimum absolute atomic E-state index is 0.00968. The van der Waals surface area contributed by atoms with Gasteiger partial charge in [-0.1, -0.05) is 60.7 Å². The van der Waals surface area contributed by atoms with Gasteiger partial charge in [0.2, 0.25) is 5.91 Å². The van der Waals surface area contributed by atoms with Crippen LogP contribution in [0.3, 0.4) is 0 Å². The van der Waals surface area contributed by atoms with E-state index in [4.69, 9.17) is 4.42 Å². The maximum Gasteiger partial charge on any atom is 0.298 e. The number of benzene rings is 3. The van der Waals surface area contributed by atoms with Gasteiger partial charge in [0.05, 0.1) is 6.54 Å². The van der Waals surface area contributed by atoms with E-state index >= 15 is 0 Å². The van der Waals surface area contributed by atoms with Gasteiger partial charge in [-0.25, -0.2) is 0 Å². The smallest absolute Gasteiger partial charge is 0.298 e. The molecule has 5 nitrogen and oxygen atoms in total. The summed E-state index contributed by atoms with van der Waals surface area (Å²) in [6, 6.07) is 28.6. The lowest BCUT2D eigenvalue weighted by Crippen LogP contribution is -2.42. The third-order valence-electron chi connectivity index (χ3n) is 5.91. The van der Waals surface area contributed by atoms with Gasteiger partial charge >= 0.3 is 0 Å². The van der Waals surface area contributed by atoms with Crippen LogP contribution in [0.2, 0.25) is 0 Å². The van der Waals surface area contributed by atoms with Gasteiger partial charge in [0.1, 0.15) is 5.52 Å². The van der Waals surface area contributed by atoms with Gasteiger partial charge in [0.25, 0.3) is 6.01 Å². The average molecular weight is 412 g/mol. The Hall–Kier alpha value is -3.60. The summed E-state index contributed by atoms with van der Waals surface area (Å²) in [6.45, 7) is 2.10. The third-order valence-corrected chi connectivity index (χ3v) is 5.91. The van der Waals surface area contributed by atoms with Gasteiger partial charge in [0, 0.05) is 24.7 Å². The van der Waals surface area contributed by atoms with Crippen molar-refractivity contribution >= 4 is 28.7 Å². The fourth-order valence-electron chi connectivity index (χ4n) is 4.20. The summed E-state index contributed by atoms with van der Waals surface area (Å²) in [4.78, 5) is 22.2. The molecule has 1 aliphatic heterocycles. The number of rotatable bonds is 5. The molecule has 1 amide bonds. The first-order valence-corrected chi connectivity index (χ1v) is 10.8. The van der Waals surface area contributed by atoms with Crippen LogP contribution in [0, 0.1) is 5.92 Å². The quantitative estimate of drug-likeness (QED) is 0.448. The molecule has 0 aliphatic carbocycles. The number of fused-ring (bicyclic) bond motifs is 1. The summed E-state index contributed by atoms with van der Waals surface area (Å²) < 4.78 is 5.92. The standard InChI is InChI=1S/C26H25N3O2/c30-25(29(22-11-5-2-6-12-22)19-20-9-3-1-4-10-20)21-15-17-28(18-16-21)26-27-23-13-7-8-14-24(23)31-26/h1-14,21H,15-19H2. The van der Waals surface area contributed by atoms with Crippen molar-refractivity contribution in [2.75, 3.05) is 22.9 Å². The number of hydrogen-bond acceptors (Lipinski definition) is 4. The molecule has 0 unspecified atom stereocenters. The molecule has 0 bridgehead atoms. The normalized spacial score (nSPS) is 14.6. The monoisotopic (exact) mass is 411 g/mol. The van der Waals surface area contributed by atoms with Gasteiger partial charge < -0.3 is 14.2 Å². The van der Waals surface area contributed by atoms with Crippen molar-refractivity contribution < 1.29 is 9.21 Å². The van der Waals surface area contributed by atoms with Crippen LogP contribution < -0.4 is 9.80 Å². The highest BCUT2D eigenvalue weighted by atomic mass is 16.4. The number of aromatic nitrogens is 1. The summed E-state index contributed by atoms with van der Waals surface area (Å²) in [7, 11) is 0. The van der Waals surface area contributed by atoms with Gasteiger partial charge in [-0.3, -0.25) is 4.79 Å². The maximum absolute atomic E-state index is 13.6. The molecule has 0 N–H and O–H groups in total. The zero-order valence-electron chi connectivity index (χ0n) is 17.4. The lowest BCUT2D eigenvalue weighted by molar-refractivity contribution is -0.123. The van der Waals surface area contributed by atoms with Crippen molar-refractivity contribution in [1.29, 1.82) is 0 Å². The second kappa shape index (κ2) is 8.64. The van der Waals surface area contributed by atoms with E-state index in [9.17, 15) is 4.79 Å². The Labute approximate surface area is 181 Å². The largest absolute Gasteiger partial charge is 0.423 e. The number of nitrogens with zero attached hydrogens (tertiary/aromatic N) is 3. The Morgan fingerprint density at radius 3 is 2.26 bits per heavy atom. The number of hydrogen-bond donors (Lipinski definition) is 0. The topological polar surface area (TPSA) is 49.6 Å². The van der Waals surface area contributed by atoms with Gasteiger partial charge in [-0.05, 0) is 42.7 Å². The average Bonchev–Trinajstić information content (AvgIpc) is 3.28. The molecule has 31 heavy (non-hydrogen) atoms. The van der Waals surface area contributed by atoms with E-state index in [-0.39, 0.29) is 11.8 Å². The fourth-order valence-corrected chi connectivity index (χ4v) is 4.20. The number of carbonyl (C=O) groups excluding carboxylic acids is 1. The Kier molecular flexibility index (Phi) is 5.40. The van der Waals surface area contributed by atoms with Crippen LogP contribution in [-0.2, 0) is 11.3 Å². The Morgan fingerprint density at radius 1 is 0.903 bits per heavy atom. The molecule has 2 heterocycles. The molecule has 1 saturated heterocycles. The van der Waals surface area contributed by atoms with Crippen molar-refractivity contribution in [1.82, 2.24) is 4.98 Å². The number of carbonyl (C=O) groups is 1. The lowest BCUT2D eigenvalue weighted by Gasteiger charge is -2.33. The Bertz CT molecular complexity index is 1120. The van der Waals surface area contributed by atoms with E-state index in [0.29, 0.717) is 12.6 Å². The SMILES string of the molecule is O=C(C1CCN(c2nc3ccccc3o2)CC1)N(Cc1ccccc1)c1ccccc1. The molecular weight excluding hydrogens is 386 g/mol. The molecule has 156 valence electrons. The van der Waals surface area contributed by atoms with Gasteiger partial charge in [-0.15, -0.1) is 0 Å². The molecule has 5 heteroatoms. The first kappa shape index (κ1) is 19.4. The summed E-state index contributed by atoms with van der Waals surface area (Å²) in [5, 5.41) is 0. The van der Waals surface area contributed by atoms with Crippen molar-refractivity contribution in [3.8, 4) is 0 Å². The number of amides is 1. The molecule has 1 aromatic heterocycles. The highest BCUT2D eigenvalue weighted by molar-refractivity contribution is 5.95. The van der Waals surface area contributed by atoms with Crippen molar-refractivity contribution in [3.05, 3.63) is 90.5 Å². The van der Waals surface area contributed by atoms with Crippen molar-refractivity contribution in [3.63, 3.8) is 0 Å². The van der Waals surface area contributed by atoms with E-state index in [1.54, 1.807) is 0 Å². The molecule has 5 rings (SSSR count). The summed E-state index contributed by atoms with van der Waals surface area (Å²) in [6.07, 6.45) is 1.57. The molecule has 4 aromatic rings. The fraction of sp³-hybridized carbons (Fsp3) is 0.231. The van der Waals surface area contributed by atoms with Gasteiger partial charge in [0.15, 0.2) is 5.58 Å². The molecule has 0 saturated carbocycles. The first-order chi connectivity index (χ1) is 15.3. The third kappa shape index (κ3) is 4.17. The summed E-state index contributed by atoms with van der Waals surface area (Å²) >= 11 is 0. The van der Waals surface area contributed by atoms with E-state index < -0.39 is 0 Å². The van der Waals surface area contributed by atoms with E-state index in [0.717, 1.165) is 48.3 Å². The van der Waals surface area contributed by atoms with Crippen LogP contribution in [0.1, 0.15) is 18.4 Å². The number of oxazole rings is 1. The number of piperidine rings is 1. The molecular formula is C26H25N3O2. The van der Waals surface area contributed by atoms with Crippen LogP contribution in [0.4, 0.5) is 11.7 Å². The van der Waals surface area contributed by atoms with Crippen LogP contribution >= 0.6 is 0 Å². The number of anilines is 2. The Balaban J connectivity index is 1.31. The maximum atomic E-state index is 13.6. The highest BCUT2D eigenvalue weighted by Gasteiger charge is 2.31. The van der Waals surface area contributed by atoms with Crippen LogP contribution in [0.25, 0.3) is 11.1 Å². The minimum Gasteiger partial charge on any atom is -0.423 e. The molecule has 0 atom stereocenters. The molecule has 0 radical (unpaired) electrons. The molecule has 0 spiro atoms. The van der Waals surface area contributed by atoms with E-state index in [1.165, 1.54) is 0 Å². The molecule has 1 fully saturated rings. The second-order valence-electron chi connectivity index (χ2n) is 7.97. The zero-order valence-corrected chi connectivity index (χ0v) is 17.4. The second-order valence-corrected chi connectivity index (χ2v) is 7.97. The zero-order chi connectivity index (χ0) is 21.0. The van der Waals surface area contributed by atoms with Crippen LogP contribution in [-0.4, -0.2) is 24.0 Å². The lowest BCUT2D eigenvalue weighted by atomic mass is 9.95. The van der Waals surface area contributed by atoms with Gasteiger partial charge in [-0.2, -0.15) is 4.98 Å². The van der Waals surface area contributed by atoms with Crippen molar-refractivity contribution in [2.45, 2.75) is 19.4 Å². The van der Waals surface area contributed by atoms with Crippen molar-refractivity contribution in [2.24, 2.45) is 5.92 Å². The van der Waals surface area contributed by atoms with E-state index in [2.05, 4.69) is 22.0 Å². The minimum atomic E-state index is -0.00968. The molecule has 1 aliphatic rings. The summed E-state index contributed by atoms with van der Waals surface area (Å²) in [5.41, 5.74) is 3.74. The van der Waals surface area contributed by atoms with Crippen LogP contribution in [0.15, 0.2) is 89.3 Å². The Morgan fingerprint density at radius 2 is 1.55 bits per heavy atom. The summed E-state index contributed by atoms with van der Waals surface area (Å²) in [5.74, 6) is 0.178. The predicted octanol–water partition coefficient (Wildman–Crippen LogP) is 5.28. The van der Waals surface area contributed by atoms with E-state index in [1.807, 2.05) is 77.7 Å².